The zero-order valence-corrected chi connectivity index (χ0v) is 8.88. The Labute approximate surface area is 81.3 Å². The summed E-state index contributed by atoms with van der Waals surface area (Å²) in [7, 11) is 0. The van der Waals surface area contributed by atoms with Crippen molar-refractivity contribution in [2.45, 2.75) is 39.2 Å². The zero-order valence-electron chi connectivity index (χ0n) is 8.88. The summed E-state index contributed by atoms with van der Waals surface area (Å²) in [5.41, 5.74) is 0.628. The molecule has 0 saturated carbocycles. The van der Waals surface area contributed by atoms with Crippen LogP contribution in [-0.4, -0.2) is 37.2 Å². The average Bonchev–Trinajstić information content (AvgIpc) is 2.51. The summed E-state index contributed by atoms with van der Waals surface area (Å²) in [6, 6.07) is 0.724. The van der Waals surface area contributed by atoms with Crippen LogP contribution in [0, 0.1) is 5.41 Å². The Kier molecular flexibility index (Phi) is 2.61. The molecular weight excluding hydrogens is 162 g/mol. The van der Waals surface area contributed by atoms with Crippen LogP contribution in [0.15, 0.2) is 0 Å². The second kappa shape index (κ2) is 3.58. The minimum Gasteiger partial charge on any atom is -0.381 e. The third-order valence-electron chi connectivity index (χ3n) is 3.75. The first kappa shape index (κ1) is 9.47. The summed E-state index contributed by atoms with van der Waals surface area (Å²) >= 11 is 0. The van der Waals surface area contributed by atoms with Crippen molar-refractivity contribution in [1.29, 1.82) is 0 Å². The molecule has 2 saturated heterocycles. The van der Waals surface area contributed by atoms with Gasteiger partial charge < -0.3 is 9.64 Å². The van der Waals surface area contributed by atoms with Crippen LogP contribution in [-0.2, 0) is 4.74 Å². The molecule has 0 bridgehead atoms. The van der Waals surface area contributed by atoms with Crippen molar-refractivity contribution in [2.75, 3.05) is 26.3 Å². The summed E-state index contributed by atoms with van der Waals surface area (Å²) in [6.07, 6.45) is 3.97. The van der Waals surface area contributed by atoms with E-state index in [1.165, 1.54) is 32.4 Å². The van der Waals surface area contributed by atoms with Crippen molar-refractivity contribution >= 4 is 0 Å². The van der Waals surface area contributed by atoms with E-state index in [0.29, 0.717) is 5.41 Å². The van der Waals surface area contributed by atoms with E-state index in [2.05, 4.69) is 18.7 Å². The fourth-order valence-corrected chi connectivity index (χ4v) is 2.62. The van der Waals surface area contributed by atoms with Gasteiger partial charge in [0.15, 0.2) is 0 Å². The lowest BCUT2D eigenvalue weighted by Gasteiger charge is -2.34. The van der Waals surface area contributed by atoms with Gasteiger partial charge in [0.25, 0.3) is 0 Å². The van der Waals surface area contributed by atoms with Crippen LogP contribution in [0.4, 0.5) is 0 Å². The van der Waals surface area contributed by atoms with Crippen LogP contribution in [0.25, 0.3) is 0 Å². The van der Waals surface area contributed by atoms with Gasteiger partial charge in [0.2, 0.25) is 0 Å². The molecule has 0 aromatic heterocycles. The van der Waals surface area contributed by atoms with Gasteiger partial charge in [-0.2, -0.15) is 0 Å². The monoisotopic (exact) mass is 183 g/mol. The fourth-order valence-electron chi connectivity index (χ4n) is 2.62. The Bertz CT molecular complexity index is 173. The first-order chi connectivity index (χ1) is 6.22. The Hall–Kier alpha value is -0.0800. The highest BCUT2D eigenvalue weighted by Crippen LogP contribution is 2.40. The van der Waals surface area contributed by atoms with Crippen molar-refractivity contribution in [2.24, 2.45) is 5.41 Å². The van der Waals surface area contributed by atoms with Crippen LogP contribution in [0.3, 0.4) is 0 Å². The van der Waals surface area contributed by atoms with Crippen LogP contribution < -0.4 is 0 Å². The zero-order chi connectivity index (χ0) is 9.31. The number of rotatable bonds is 1. The van der Waals surface area contributed by atoms with Crippen LogP contribution in [0.5, 0.6) is 0 Å². The van der Waals surface area contributed by atoms with Crippen LogP contribution in [0.2, 0.25) is 0 Å². The smallest absolute Gasteiger partial charge is 0.0471 e. The molecule has 2 aliphatic heterocycles. The van der Waals surface area contributed by atoms with Gasteiger partial charge in [-0.3, -0.25) is 0 Å². The SMILES string of the molecule is CC(C)N1CCC2(CCOCC2)C1. The van der Waals surface area contributed by atoms with Gasteiger partial charge >= 0.3 is 0 Å². The number of nitrogens with zero attached hydrogens (tertiary/aromatic N) is 1. The summed E-state index contributed by atoms with van der Waals surface area (Å²) in [5.74, 6) is 0. The minimum absolute atomic E-state index is 0.628. The van der Waals surface area contributed by atoms with Crippen LogP contribution in [0.1, 0.15) is 33.1 Å². The highest BCUT2D eigenvalue weighted by atomic mass is 16.5. The van der Waals surface area contributed by atoms with Gasteiger partial charge in [0.05, 0.1) is 0 Å². The summed E-state index contributed by atoms with van der Waals surface area (Å²) in [4.78, 5) is 2.62. The largest absolute Gasteiger partial charge is 0.381 e. The second-order valence-electron chi connectivity index (χ2n) is 4.93. The molecule has 0 aromatic carbocycles. The Morgan fingerprint density at radius 1 is 1.15 bits per heavy atom. The Morgan fingerprint density at radius 2 is 1.85 bits per heavy atom. The molecule has 1 spiro atoms. The first-order valence-electron chi connectivity index (χ1n) is 5.54. The molecule has 76 valence electrons. The maximum Gasteiger partial charge on any atom is 0.0471 e. The van der Waals surface area contributed by atoms with E-state index >= 15 is 0 Å². The molecule has 0 radical (unpaired) electrons. The van der Waals surface area contributed by atoms with E-state index in [-0.39, 0.29) is 0 Å². The third-order valence-corrected chi connectivity index (χ3v) is 3.75. The molecule has 2 aliphatic rings. The quantitative estimate of drug-likeness (QED) is 0.615. The Morgan fingerprint density at radius 3 is 2.38 bits per heavy atom. The molecule has 0 aromatic rings. The molecular formula is C11H21NO. The predicted molar refractivity (Wildman–Crippen MR) is 53.8 cm³/mol. The number of ether oxygens (including phenoxy) is 1. The van der Waals surface area contributed by atoms with E-state index in [9.17, 15) is 0 Å². The topological polar surface area (TPSA) is 12.5 Å². The molecule has 2 heteroatoms. The third kappa shape index (κ3) is 1.89. The van der Waals surface area contributed by atoms with Crippen molar-refractivity contribution < 1.29 is 4.74 Å². The normalized spacial score (nSPS) is 28.8. The molecule has 0 N–H and O–H groups in total. The maximum atomic E-state index is 5.43. The van der Waals surface area contributed by atoms with Gasteiger partial charge in [0, 0.05) is 25.8 Å². The lowest BCUT2D eigenvalue weighted by Crippen LogP contribution is -2.35. The molecule has 0 amide bonds. The predicted octanol–water partition coefficient (Wildman–Crippen LogP) is 1.90. The molecule has 0 aliphatic carbocycles. The average molecular weight is 183 g/mol. The van der Waals surface area contributed by atoms with E-state index < -0.39 is 0 Å². The summed E-state index contributed by atoms with van der Waals surface area (Å²) in [5, 5.41) is 0. The van der Waals surface area contributed by atoms with Crippen molar-refractivity contribution in [3.63, 3.8) is 0 Å². The molecule has 13 heavy (non-hydrogen) atoms. The second-order valence-corrected chi connectivity index (χ2v) is 4.93. The van der Waals surface area contributed by atoms with Crippen molar-refractivity contribution in [3.8, 4) is 0 Å². The van der Waals surface area contributed by atoms with E-state index in [0.717, 1.165) is 19.3 Å². The van der Waals surface area contributed by atoms with Gasteiger partial charge in [0.1, 0.15) is 0 Å². The lowest BCUT2D eigenvalue weighted by molar-refractivity contribution is 0.0179. The number of hydrogen-bond donors (Lipinski definition) is 0. The molecule has 2 nitrogen and oxygen atoms in total. The molecule has 0 atom stereocenters. The van der Waals surface area contributed by atoms with Gasteiger partial charge in [-0.05, 0) is 45.1 Å². The van der Waals surface area contributed by atoms with Crippen molar-refractivity contribution in [3.05, 3.63) is 0 Å². The molecule has 2 fully saturated rings. The molecule has 2 rings (SSSR count). The maximum absolute atomic E-state index is 5.43. The Balaban J connectivity index is 1.94. The molecule has 0 unspecified atom stereocenters. The number of likely N-dealkylation sites (tertiary alicyclic amines) is 1. The summed E-state index contributed by atoms with van der Waals surface area (Å²) in [6.45, 7) is 9.21. The minimum atomic E-state index is 0.628. The van der Waals surface area contributed by atoms with Gasteiger partial charge in [-0.1, -0.05) is 0 Å². The van der Waals surface area contributed by atoms with Crippen LogP contribution >= 0.6 is 0 Å². The lowest BCUT2D eigenvalue weighted by atomic mass is 9.80. The highest BCUT2D eigenvalue weighted by molar-refractivity contribution is 4.92. The van der Waals surface area contributed by atoms with Crippen molar-refractivity contribution in [1.82, 2.24) is 4.90 Å². The fraction of sp³-hybridized carbons (Fsp3) is 1.00. The molecule has 2 heterocycles. The first-order valence-corrected chi connectivity index (χ1v) is 5.54. The number of hydrogen-bond acceptors (Lipinski definition) is 2. The highest BCUT2D eigenvalue weighted by Gasteiger charge is 2.39. The van der Waals surface area contributed by atoms with Gasteiger partial charge in [-0.15, -0.1) is 0 Å². The standard InChI is InChI=1S/C11H21NO/c1-10(2)12-6-3-11(9-12)4-7-13-8-5-11/h10H,3-9H2,1-2H3. The van der Waals surface area contributed by atoms with E-state index in [4.69, 9.17) is 4.74 Å². The van der Waals surface area contributed by atoms with E-state index in [1.54, 1.807) is 0 Å². The summed E-state index contributed by atoms with van der Waals surface area (Å²) < 4.78 is 5.43. The van der Waals surface area contributed by atoms with E-state index in [1.807, 2.05) is 0 Å². The van der Waals surface area contributed by atoms with Gasteiger partial charge in [-0.25, -0.2) is 0 Å².